The van der Waals surface area contributed by atoms with Gasteiger partial charge in [0, 0.05) is 4.66 Å². The minimum Gasteiger partial charge on any atom is -0.436 e. The first kappa shape index (κ1) is 18.5. The fourth-order valence-corrected chi connectivity index (χ4v) is 16.5. The maximum atomic E-state index is 6.57. The van der Waals surface area contributed by atoms with Gasteiger partial charge >= 0.3 is 8.56 Å². The Bertz CT molecular complexity index is 273. The fraction of sp³-hybridized carbons (Fsp3) is 0.833. The van der Waals surface area contributed by atoms with Gasteiger partial charge in [-0.2, -0.15) is 0 Å². The molecule has 0 atom stereocenters. The van der Waals surface area contributed by atoms with Crippen LogP contribution in [0, 0.1) is 0 Å². The van der Waals surface area contributed by atoms with Gasteiger partial charge in [0.05, 0.1) is 9.52 Å². The Morgan fingerprint density at radius 1 is 0.889 bits per heavy atom. The van der Waals surface area contributed by atoms with E-state index in [1.807, 2.05) is 5.70 Å². The predicted octanol–water partition coefficient (Wildman–Crippen LogP) is 4.35. The number of hydrogen-bond acceptors (Lipinski definition) is 2. The van der Waals surface area contributed by atoms with E-state index in [4.69, 9.17) is 8.23 Å². The van der Waals surface area contributed by atoms with Gasteiger partial charge in [0.15, 0.2) is 16.6 Å². The molecule has 0 saturated carbocycles. The van der Waals surface area contributed by atoms with Crippen LogP contribution in [0.3, 0.4) is 0 Å². The zero-order valence-electron chi connectivity index (χ0n) is 13.6. The van der Waals surface area contributed by atoms with E-state index in [1.165, 1.54) is 0 Å². The molecule has 0 rings (SSSR count). The second kappa shape index (κ2) is 5.88. The monoisotopic (exact) mass is 318 g/mol. The first-order valence-corrected chi connectivity index (χ1v) is 16.7. The highest BCUT2D eigenvalue weighted by atomic mass is 28.5. The summed E-state index contributed by atoms with van der Waals surface area (Å²) in [5, 5.41) is 0. The van der Waals surface area contributed by atoms with E-state index in [2.05, 4.69) is 66.3 Å². The highest BCUT2D eigenvalue weighted by Gasteiger charge is 2.51. The first-order valence-electron chi connectivity index (χ1n) is 6.51. The van der Waals surface area contributed by atoms with E-state index in [0.717, 1.165) is 0 Å². The lowest BCUT2D eigenvalue weighted by atomic mass is 10.5. The summed E-state index contributed by atoms with van der Waals surface area (Å²) < 4.78 is 13.2. The zero-order chi connectivity index (χ0) is 14.8. The third-order valence-corrected chi connectivity index (χ3v) is 15.6. The Labute approximate surface area is 120 Å². The van der Waals surface area contributed by atoms with E-state index in [9.17, 15) is 0 Å². The van der Waals surface area contributed by atoms with Crippen molar-refractivity contribution in [3.63, 3.8) is 0 Å². The van der Waals surface area contributed by atoms with Crippen LogP contribution in [0.15, 0.2) is 12.3 Å². The normalized spacial score (nSPS) is 14.7. The largest absolute Gasteiger partial charge is 0.436 e. The van der Waals surface area contributed by atoms with Crippen LogP contribution in [-0.4, -0.2) is 34.7 Å². The molecule has 0 aromatic carbocycles. The first-order chi connectivity index (χ1) is 7.72. The third kappa shape index (κ3) is 6.11. The molecule has 0 aromatic rings. The minimum absolute atomic E-state index is 0.0926. The molecule has 2 nitrogen and oxygen atoms in total. The molecule has 0 aromatic heterocycles. The molecule has 0 heterocycles. The Hall–Kier alpha value is 0.528. The van der Waals surface area contributed by atoms with Gasteiger partial charge in [-0.05, 0) is 45.8 Å². The Kier molecular flexibility index (Phi) is 6.06. The summed E-state index contributed by atoms with van der Waals surface area (Å²) in [6, 6.07) is 0. The van der Waals surface area contributed by atoms with E-state index in [0.29, 0.717) is 9.52 Å². The van der Waals surface area contributed by atoms with Crippen molar-refractivity contribution >= 4 is 34.7 Å². The molecule has 0 unspecified atom stereocenters. The molecule has 6 heteroatoms. The molecule has 0 aliphatic rings. The van der Waals surface area contributed by atoms with Crippen molar-refractivity contribution < 1.29 is 8.23 Å². The molecule has 0 N–H and O–H groups in total. The van der Waals surface area contributed by atoms with Crippen molar-refractivity contribution in [2.24, 2.45) is 0 Å². The van der Waals surface area contributed by atoms with Crippen molar-refractivity contribution in [3.8, 4) is 0 Å². The van der Waals surface area contributed by atoms with E-state index in [-0.39, 0.29) is 4.66 Å². The second-order valence-corrected chi connectivity index (χ2v) is 23.0. The van der Waals surface area contributed by atoms with Crippen LogP contribution < -0.4 is 0 Å². The molecule has 0 spiro atoms. The third-order valence-electron chi connectivity index (χ3n) is 2.60. The highest BCUT2D eigenvalue weighted by Crippen LogP contribution is 2.40. The maximum Gasteiger partial charge on any atom is 0.317 e. The lowest BCUT2D eigenvalue weighted by Crippen LogP contribution is -2.59. The molecular formula is C12H30O2Si4. The molecule has 0 bridgehead atoms. The SMILES string of the molecule is C=C[Si]C(C)(C)[Si](C)(O[Si](C)(C)C)O[Si](C)(C)C. The van der Waals surface area contributed by atoms with Gasteiger partial charge < -0.3 is 8.23 Å². The molecule has 0 aliphatic heterocycles. The average molecular weight is 319 g/mol. The predicted molar refractivity (Wildman–Crippen MR) is 90.5 cm³/mol. The molecular weight excluding hydrogens is 288 g/mol. The topological polar surface area (TPSA) is 18.5 Å². The summed E-state index contributed by atoms with van der Waals surface area (Å²) in [6.45, 7) is 24.2. The van der Waals surface area contributed by atoms with Gasteiger partial charge in [-0.1, -0.05) is 13.8 Å². The van der Waals surface area contributed by atoms with Gasteiger partial charge in [-0.3, -0.25) is 0 Å². The van der Waals surface area contributed by atoms with Crippen molar-refractivity contribution in [3.05, 3.63) is 12.3 Å². The van der Waals surface area contributed by atoms with E-state index >= 15 is 0 Å². The van der Waals surface area contributed by atoms with Crippen molar-refractivity contribution in [1.29, 1.82) is 0 Å². The molecule has 106 valence electrons. The van der Waals surface area contributed by atoms with Crippen molar-refractivity contribution in [2.45, 2.75) is 64.3 Å². The van der Waals surface area contributed by atoms with E-state index < -0.39 is 25.2 Å². The molecule has 2 radical (unpaired) electrons. The van der Waals surface area contributed by atoms with Crippen LogP contribution in [0.1, 0.15) is 13.8 Å². The van der Waals surface area contributed by atoms with Crippen LogP contribution in [-0.2, 0) is 8.23 Å². The lowest BCUT2D eigenvalue weighted by molar-refractivity contribution is 0.360. The zero-order valence-corrected chi connectivity index (χ0v) is 17.6. The van der Waals surface area contributed by atoms with Crippen LogP contribution >= 0.6 is 0 Å². The summed E-state index contributed by atoms with van der Waals surface area (Å²) in [5.74, 6) is 0. The van der Waals surface area contributed by atoms with Gasteiger partial charge in [0.2, 0.25) is 0 Å². The highest BCUT2D eigenvalue weighted by molar-refractivity contribution is 6.93. The minimum atomic E-state index is -2.20. The Morgan fingerprint density at radius 2 is 1.22 bits per heavy atom. The Balaban J connectivity index is 5.33. The lowest BCUT2D eigenvalue weighted by Gasteiger charge is -2.47. The van der Waals surface area contributed by atoms with Gasteiger partial charge in [-0.15, -0.1) is 12.3 Å². The second-order valence-electron chi connectivity index (χ2n) is 7.35. The molecule has 0 fully saturated rings. The Morgan fingerprint density at radius 3 is 1.44 bits per heavy atom. The van der Waals surface area contributed by atoms with Crippen molar-refractivity contribution in [1.82, 2.24) is 0 Å². The number of hydrogen-bond donors (Lipinski definition) is 0. The molecule has 18 heavy (non-hydrogen) atoms. The van der Waals surface area contributed by atoms with Gasteiger partial charge in [0.25, 0.3) is 0 Å². The summed E-state index contributed by atoms with van der Waals surface area (Å²) in [7, 11) is -4.72. The van der Waals surface area contributed by atoms with E-state index in [1.54, 1.807) is 0 Å². The van der Waals surface area contributed by atoms with Crippen LogP contribution in [0.2, 0.25) is 50.5 Å². The van der Waals surface area contributed by atoms with Crippen LogP contribution in [0.25, 0.3) is 0 Å². The molecule has 0 amide bonds. The van der Waals surface area contributed by atoms with Crippen LogP contribution in [0.5, 0.6) is 0 Å². The van der Waals surface area contributed by atoms with Gasteiger partial charge in [0.1, 0.15) is 0 Å². The standard InChI is InChI=1S/C12H30O2Si4/c1-11-15-12(2,3)18(10,13-16(4,5)6)14-17(7,8)9/h11H,1H2,2-10H3. The maximum absolute atomic E-state index is 6.57. The quantitative estimate of drug-likeness (QED) is 0.650. The van der Waals surface area contributed by atoms with Crippen molar-refractivity contribution in [2.75, 3.05) is 0 Å². The summed E-state index contributed by atoms with van der Waals surface area (Å²) in [6.07, 6.45) is 0. The number of rotatable bonds is 7. The summed E-state index contributed by atoms with van der Waals surface area (Å²) in [5.41, 5.74) is 2.02. The fourth-order valence-electron chi connectivity index (χ4n) is 1.83. The van der Waals surface area contributed by atoms with Gasteiger partial charge in [-0.25, -0.2) is 0 Å². The molecule has 0 aliphatic carbocycles. The summed E-state index contributed by atoms with van der Waals surface area (Å²) in [4.78, 5) is 0. The molecule has 0 saturated heterocycles. The van der Waals surface area contributed by atoms with Crippen LogP contribution in [0.4, 0.5) is 0 Å². The summed E-state index contributed by atoms with van der Waals surface area (Å²) >= 11 is 0. The smallest absolute Gasteiger partial charge is 0.317 e. The average Bonchev–Trinajstić information content (AvgIpc) is 1.94.